The summed E-state index contributed by atoms with van der Waals surface area (Å²) in [7, 11) is 1.61. The summed E-state index contributed by atoms with van der Waals surface area (Å²) in [5, 5.41) is 5.12. The Morgan fingerprint density at radius 2 is 2.00 bits per heavy atom. The maximum absolute atomic E-state index is 12.8. The highest BCUT2D eigenvalue weighted by Crippen LogP contribution is 2.34. The number of nitrogens with zero attached hydrogens (tertiary/aromatic N) is 2. The van der Waals surface area contributed by atoms with Crippen molar-refractivity contribution in [3.63, 3.8) is 0 Å². The van der Waals surface area contributed by atoms with E-state index in [0.717, 1.165) is 21.4 Å². The second-order valence-corrected chi connectivity index (χ2v) is 8.22. The molecular weight excluding hydrogens is 454 g/mol. The summed E-state index contributed by atoms with van der Waals surface area (Å²) >= 11 is 4.79. The topological polar surface area (TPSA) is 71.5 Å². The molecule has 2 amide bonds. The first kappa shape index (κ1) is 19.6. The van der Waals surface area contributed by atoms with E-state index in [4.69, 9.17) is 4.74 Å². The Hall–Kier alpha value is -2.71. The van der Waals surface area contributed by atoms with Crippen LogP contribution in [0.25, 0.3) is 11.3 Å². The van der Waals surface area contributed by atoms with Crippen molar-refractivity contribution in [2.24, 2.45) is 5.92 Å². The van der Waals surface area contributed by atoms with Crippen molar-refractivity contribution >= 4 is 49.9 Å². The van der Waals surface area contributed by atoms with E-state index in [2.05, 4.69) is 26.2 Å². The zero-order chi connectivity index (χ0) is 20.4. The van der Waals surface area contributed by atoms with Crippen molar-refractivity contribution in [3.05, 3.63) is 58.4 Å². The molecule has 2 heterocycles. The lowest BCUT2D eigenvalue weighted by Crippen LogP contribution is -2.33. The number of methoxy groups -OCH3 is 1. The van der Waals surface area contributed by atoms with Gasteiger partial charge >= 0.3 is 0 Å². The Kier molecular flexibility index (Phi) is 5.64. The second kappa shape index (κ2) is 8.34. The monoisotopic (exact) mass is 471 g/mol. The molecule has 1 N–H and O–H groups in total. The number of para-hydroxylation sites is 2. The average Bonchev–Trinajstić information content (AvgIpc) is 3.35. The molecule has 1 aliphatic heterocycles. The zero-order valence-electron chi connectivity index (χ0n) is 15.6. The minimum Gasteiger partial charge on any atom is -0.496 e. The number of aromatic nitrogens is 1. The molecule has 0 radical (unpaired) electrons. The lowest BCUT2D eigenvalue weighted by atomic mass is 10.1. The highest BCUT2D eigenvalue weighted by Gasteiger charge is 2.38. The number of carbonyl (C=O) groups is 2. The van der Waals surface area contributed by atoms with Gasteiger partial charge in [-0.2, -0.15) is 0 Å². The third-order valence-corrected chi connectivity index (χ3v) is 6.21. The molecule has 6 nitrogen and oxygen atoms in total. The van der Waals surface area contributed by atoms with Crippen LogP contribution in [0.1, 0.15) is 6.42 Å². The van der Waals surface area contributed by atoms with Gasteiger partial charge in [0.15, 0.2) is 5.13 Å². The zero-order valence-corrected chi connectivity index (χ0v) is 18.0. The molecule has 0 saturated carbocycles. The van der Waals surface area contributed by atoms with Gasteiger partial charge in [-0.1, -0.05) is 24.3 Å². The maximum Gasteiger partial charge on any atom is 0.239 e. The molecule has 3 aromatic rings. The normalized spacial score (nSPS) is 16.1. The molecule has 0 bridgehead atoms. The quantitative estimate of drug-likeness (QED) is 0.553. The second-order valence-electron chi connectivity index (χ2n) is 6.51. The Bertz CT molecular complexity index is 1070. The largest absolute Gasteiger partial charge is 0.496 e. The molecule has 1 fully saturated rings. The molecule has 2 aromatic carbocycles. The molecule has 4 rings (SSSR count). The van der Waals surface area contributed by atoms with Crippen LogP contribution >= 0.6 is 27.3 Å². The third kappa shape index (κ3) is 3.90. The van der Waals surface area contributed by atoms with E-state index in [9.17, 15) is 9.59 Å². The maximum atomic E-state index is 12.8. The number of rotatable bonds is 5. The number of benzene rings is 2. The number of anilines is 2. The van der Waals surface area contributed by atoms with Gasteiger partial charge in [-0.3, -0.25) is 9.59 Å². The first-order chi connectivity index (χ1) is 14.1. The fraction of sp³-hybridized carbons (Fsp3) is 0.190. The molecule has 0 spiro atoms. The van der Waals surface area contributed by atoms with E-state index in [1.807, 2.05) is 53.9 Å². The third-order valence-electron chi connectivity index (χ3n) is 4.78. The predicted octanol–water partition coefficient (Wildman–Crippen LogP) is 4.57. The lowest BCUT2D eigenvalue weighted by Gasteiger charge is -2.18. The molecular formula is C21H18BrN3O3S. The number of carbonyl (C=O) groups excluding carboxylic acids is 2. The fourth-order valence-electron chi connectivity index (χ4n) is 3.34. The first-order valence-electron chi connectivity index (χ1n) is 9.04. The van der Waals surface area contributed by atoms with Crippen molar-refractivity contribution in [1.82, 2.24) is 4.98 Å². The summed E-state index contributed by atoms with van der Waals surface area (Å²) in [5.41, 5.74) is 2.35. The van der Waals surface area contributed by atoms with Gasteiger partial charge in [0.1, 0.15) is 11.7 Å². The van der Waals surface area contributed by atoms with Crippen LogP contribution in [-0.2, 0) is 9.59 Å². The van der Waals surface area contributed by atoms with Crippen molar-refractivity contribution in [1.29, 1.82) is 0 Å². The van der Waals surface area contributed by atoms with E-state index < -0.39 is 5.92 Å². The van der Waals surface area contributed by atoms with Crippen LogP contribution in [0.2, 0.25) is 0 Å². The van der Waals surface area contributed by atoms with E-state index in [1.54, 1.807) is 12.0 Å². The Balaban J connectivity index is 1.47. The molecule has 1 saturated heterocycles. The van der Waals surface area contributed by atoms with Crippen LogP contribution in [0.4, 0.5) is 10.8 Å². The van der Waals surface area contributed by atoms with E-state index in [1.165, 1.54) is 11.3 Å². The summed E-state index contributed by atoms with van der Waals surface area (Å²) in [4.78, 5) is 31.7. The van der Waals surface area contributed by atoms with Crippen LogP contribution < -0.4 is 15.0 Å². The highest BCUT2D eigenvalue weighted by atomic mass is 79.9. The summed E-state index contributed by atoms with van der Waals surface area (Å²) in [6.45, 7) is 0.504. The molecule has 0 aliphatic carbocycles. The van der Waals surface area contributed by atoms with Gasteiger partial charge in [0, 0.05) is 22.0 Å². The van der Waals surface area contributed by atoms with Crippen molar-refractivity contribution in [3.8, 4) is 17.0 Å². The Morgan fingerprint density at radius 1 is 1.24 bits per heavy atom. The van der Waals surface area contributed by atoms with Gasteiger partial charge in [-0.15, -0.1) is 11.3 Å². The molecule has 1 aliphatic rings. The molecule has 8 heteroatoms. The van der Waals surface area contributed by atoms with Crippen molar-refractivity contribution < 1.29 is 14.3 Å². The highest BCUT2D eigenvalue weighted by molar-refractivity contribution is 9.10. The van der Waals surface area contributed by atoms with Gasteiger partial charge < -0.3 is 15.0 Å². The van der Waals surface area contributed by atoms with Crippen LogP contribution in [0.3, 0.4) is 0 Å². The molecule has 1 aromatic heterocycles. The minimum atomic E-state index is -0.722. The van der Waals surface area contributed by atoms with Crippen LogP contribution in [0.15, 0.2) is 58.4 Å². The SMILES string of the molecule is COc1ccccc1-c1csc(NC(=O)C2CCN(c3ccccc3Br)C2=O)n1. The van der Waals surface area contributed by atoms with Gasteiger partial charge in [0.2, 0.25) is 11.8 Å². The number of thiazole rings is 1. The summed E-state index contributed by atoms with van der Waals surface area (Å²) < 4.78 is 6.20. The number of hydrogen-bond acceptors (Lipinski definition) is 5. The number of nitrogens with one attached hydrogen (secondary N) is 1. The van der Waals surface area contributed by atoms with Crippen LogP contribution in [0, 0.1) is 5.92 Å². The smallest absolute Gasteiger partial charge is 0.239 e. The van der Waals surface area contributed by atoms with Gasteiger partial charge in [-0.05, 0) is 46.6 Å². The number of amides is 2. The average molecular weight is 472 g/mol. The lowest BCUT2D eigenvalue weighted by molar-refractivity contribution is -0.129. The Morgan fingerprint density at radius 3 is 2.79 bits per heavy atom. The molecule has 1 unspecified atom stereocenters. The minimum absolute atomic E-state index is 0.198. The summed E-state index contributed by atoms with van der Waals surface area (Å²) in [6, 6.07) is 15.1. The van der Waals surface area contributed by atoms with E-state index in [0.29, 0.717) is 23.8 Å². The molecule has 1 atom stereocenters. The standard InChI is InChI=1S/C21H18BrN3O3S/c1-28-18-9-5-2-6-13(18)16-12-29-21(23-16)24-19(26)14-10-11-25(20(14)27)17-8-4-3-7-15(17)22/h2-9,12,14H,10-11H2,1H3,(H,23,24,26). The van der Waals surface area contributed by atoms with Crippen LogP contribution in [0.5, 0.6) is 5.75 Å². The first-order valence-corrected chi connectivity index (χ1v) is 10.7. The van der Waals surface area contributed by atoms with E-state index >= 15 is 0 Å². The Labute approximate surface area is 180 Å². The summed E-state index contributed by atoms with van der Waals surface area (Å²) in [5.74, 6) is -0.534. The van der Waals surface area contributed by atoms with Gasteiger partial charge in [-0.25, -0.2) is 4.98 Å². The number of halogens is 1. The van der Waals surface area contributed by atoms with Gasteiger partial charge in [0.05, 0.1) is 18.5 Å². The number of hydrogen-bond donors (Lipinski definition) is 1. The van der Waals surface area contributed by atoms with Crippen molar-refractivity contribution in [2.75, 3.05) is 23.9 Å². The molecule has 29 heavy (non-hydrogen) atoms. The number of ether oxygens (including phenoxy) is 1. The van der Waals surface area contributed by atoms with Gasteiger partial charge in [0.25, 0.3) is 0 Å². The van der Waals surface area contributed by atoms with E-state index in [-0.39, 0.29) is 11.8 Å². The summed E-state index contributed by atoms with van der Waals surface area (Å²) in [6.07, 6.45) is 0.469. The predicted molar refractivity (Wildman–Crippen MR) is 117 cm³/mol. The molecule has 148 valence electrons. The van der Waals surface area contributed by atoms with Crippen LogP contribution in [-0.4, -0.2) is 30.5 Å². The van der Waals surface area contributed by atoms with Crippen molar-refractivity contribution in [2.45, 2.75) is 6.42 Å². The fourth-order valence-corrected chi connectivity index (χ4v) is 4.55.